The van der Waals surface area contributed by atoms with Crippen molar-refractivity contribution in [2.75, 3.05) is 26.2 Å². The number of nitrogens with one attached hydrogen (secondary N) is 4. The minimum atomic E-state index is -0.350. The minimum Gasteiger partial charge on any atom is -0.679 e. The molecule has 0 aromatic rings. The third-order valence-corrected chi connectivity index (χ3v) is 1.15. The Morgan fingerprint density at radius 3 is 1.33 bits per heavy atom. The zero-order valence-electron chi connectivity index (χ0n) is 10.5. The number of aliphatic hydroxyl groups excluding tert-OH is 1. The molecule has 0 rings (SSSR count). The molecule has 0 bridgehead atoms. The fourth-order valence-corrected chi connectivity index (χ4v) is 0.439. The van der Waals surface area contributed by atoms with Gasteiger partial charge in [-0.2, -0.15) is 26.2 Å². The number of carbonyl (C=O) groups is 1. The number of carbonyl (C=O) groups excluding carboxylic acids is 2. The van der Waals surface area contributed by atoms with E-state index in [-0.39, 0.29) is 60.1 Å². The fourth-order valence-electron chi connectivity index (χ4n) is 0.439. The van der Waals surface area contributed by atoms with E-state index in [4.69, 9.17) is 32.8 Å². The van der Waals surface area contributed by atoms with Gasteiger partial charge in [-0.25, -0.2) is 0 Å². The zero-order valence-corrected chi connectivity index (χ0v) is 11.6. The quantitative estimate of drug-likeness (QED) is 0.212. The van der Waals surface area contributed by atoms with Crippen LogP contribution in [0.2, 0.25) is 0 Å². The van der Waals surface area contributed by atoms with Crippen LogP contribution in [0.5, 0.6) is 0 Å². The van der Waals surface area contributed by atoms with Crippen molar-refractivity contribution in [3.8, 4) is 0 Å². The average molecular weight is 304 g/mol. The molecule has 0 aromatic carbocycles. The van der Waals surface area contributed by atoms with Crippen LogP contribution in [0.3, 0.4) is 0 Å². The predicted octanol–water partition coefficient (Wildman–Crippen LogP) is 2.76. The van der Waals surface area contributed by atoms with E-state index in [0.717, 1.165) is 0 Å². The molecule has 0 aliphatic rings. The maximum Gasteiger partial charge on any atom is 3.00 e. The molecule has 0 aromatic heterocycles. The Kier molecular flexibility index (Phi) is 31.0. The predicted molar refractivity (Wildman–Crippen MR) is 70.8 cm³/mol. The van der Waals surface area contributed by atoms with Crippen LogP contribution in [0.1, 0.15) is 13.8 Å². The molecule has 8 heteroatoms. The Balaban J connectivity index is -0.0000000922. The minimum absolute atomic E-state index is 0. The molecule has 108 valence electrons. The van der Waals surface area contributed by atoms with Crippen LogP contribution in [0.4, 0.5) is 0 Å². The van der Waals surface area contributed by atoms with Crippen LogP contribution >= 0.6 is 0 Å². The molecule has 0 unspecified atom stereocenters. The van der Waals surface area contributed by atoms with Gasteiger partial charge in [0.2, 0.25) is 0 Å². The molecule has 0 spiro atoms. The molecule has 6 N–H and O–H groups in total. The van der Waals surface area contributed by atoms with Crippen LogP contribution in [0, 0.1) is 0 Å². The normalized spacial score (nSPS) is 9.44. The zero-order chi connectivity index (χ0) is 14.3. The van der Waals surface area contributed by atoms with Crippen molar-refractivity contribution in [2.45, 2.75) is 13.8 Å². The summed E-state index contributed by atoms with van der Waals surface area (Å²) in [5.74, 6) is -0.512. The third-order valence-electron chi connectivity index (χ3n) is 1.15. The first-order valence-corrected chi connectivity index (χ1v) is 4.89. The summed E-state index contributed by atoms with van der Waals surface area (Å²) in [6.45, 7) is 3.55. The summed E-state index contributed by atoms with van der Waals surface area (Å²) in [7, 11) is 0. The standard InChI is InChI=1S/C6H8O3.2C2H6N2.Co/c1-4(8)6(3-7)5(2)9;2*3-1-2-4;/h3,8H,1-2H3;2*3-4H,1-2H2;/q;2*-2;+3/p+1/b6-4-;;;. The van der Waals surface area contributed by atoms with Gasteiger partial charge in [0.1, 0.15) is 11.3 Å². The van der Waals surface area contributed by atoms with Gasteiger partial charge in [0, 0.05) is 0 Å². The second-order valence-electron chi connectivity index (χ2n) is 2.68. The van der Waals surface area contributed by atoms with Crippen molar-refractivity contribution < 1.29 is 31.5 Å². The number of Topliss-reactive ketones (excluding diaryl/α,β-unsaturated/α-hetero) is 1. The third kappa shape index (κ3) is 24.5. The molecular weight excluding hydrogens is 283 g/mol. The van der Waals surface area contributed by atoms with Crippen molar-refractivity contribution in [3.63, 3.8) is 0 Å². The Morgan fingerprint density at radius 2 is 1.33 bits per heavy atom. The average Bonchev–Trinajstić information content (AvgIpc) is 2.29. The fraction of sp³-hybridized carbons (Fsp3) is 0.600. The van der Waals surface area contributed by atoms with Gasteiger partial charge in [0.05, 0.1) is 0 Å². The maximum atomic E-state index is 10.4. The van der Waals surface area contributed by atoms with E-state index in [2.05, 4.69) is 0 Å². The van der Waals surface area contributed by atoms with Crippen molar-refractivity contribution in [3.05, 3.63) is 34.3 Å². The first kappa shape index (κ1) is 25.9. The number of aldehydes is 1. The SMILES string of the molecule is CC(=O)/C(C=[OH+])=C(/C)O.[Co+3].[NH-]CC[NH-].[NH-]CC[NH-]. The molecule has 0 saturated carbocycles. The Hall–Kier alpha value is -0.774. The van der Waals surface area contributed by atoms with Gasteiger partial charge in [-0.1, -0.05) is 0 Å². The molecule has 0 saturated heterocycles. The van der Waals surface area contributed by atoms with Crippen LogP contribution in [-0.4, -0.2) is 48.1 Å². The van der Waals surface area contributed by atoms with Gasteiger partial charge < -0.3 is 28.0 Å². The molecule has 18 heavy (non-hydrogen) atoms. The molecular formula is C10H21CoN4O3. The summed E-state index contributed by atoms with van der Waals surface area (Å²) in [6, 6.07) is 0. The summed E-state index contributed by atoms with van der Waals surface area (Å²) >= 11 is 0. The number of ketones is 1. The van der Waals surface area contributed by atoms with Crippen LogP contribution in [0.15, 0.2) is 11.3 Å². The number of hydrogen-bond acceptors (Lipinski definition) is 2. The van der Waals surface area contributed by atoms with E-state index < -0.39 is 0 Å². The van der Waals surface area contributed by atoms with E-state index in [1.165, 1.54) is 13.8 Å². The van der Waals surface area contributed by atoms with E-state index in [9.17, 15) is 4.79 Å². The summed E-state index contributed by atoms with van der Waals surface area (Å²) in [4.78, 5) is 18.7. The summed E-state index contributed by atoms with van der Waals surface area (Å²) in [5, 5.41) is 8.65. The Morgan fingerprint density at radius 1 is 1.06 bits per heavy atom. The number of hydrogen-bond donors (Lipinski definition) is 1. The van der Waals surface area contributed by atoms with Crippen LogP contribution in [-0.2, 0) is 21.6 Å². The number of allylic oxidation sites excluding steroid dienone is 2. The number of rotatable bonds is 4. The Labute approximate surface area is 118 Å². The van der Waals surface area contributed by atoms with Gasteiger partial charge in [-0.05, 0) is 13.8 Å². The first-order valence-electron chi connectivity index (χ1n) is 4.89. The summed E-state index contributed by atoms with van der Waals surface area (Å²) in [6.07, 6.45) is 0.595. The Bertz CT molecular complexity index is 223. The smallest absolute Gasteiger partial charge is 0.679 e. The first-order chi connectivity index (χ1) is 7.92. The second-order valence-corrected chi connectivity index (χ2v) is 2.68. The van der Waals surface area contributed by atoms with Crippen molar-refractivity contribution in [2.24, 2.45) is 0 Å². The molecule has 0 atom stereocenters. The van der Waals surface area contributed by atoms with Gasteiger partial charge >= 0.3 is 23.1 Å². The maximum absolute atomic E-state index is 10.4. The van der Waals surface area contributed by atoms with E-state index >= 15 is 0 Å². The van der Waals surface area contributed by atoms with Crippen molar-refractivity contribution >= 4 is 12.1 Å². The monoisotopic (exact) mass is 304 g/mol. The van der Waals surface area contributed by atoms with E-state index in [0.29, 0.717) is 6.29 Å². The summed E-state index contributed by atoms with van der Waals surface area (Å²) in [5.41, 5.74) is 25.0. The molecule has 0 radical (unpaired) electrons. The molecule has 0 amide bonds. The van der Waals surface area contributed by atoms with Gasteiger partial charge in [0.25, 0.3) is 0 Å². The largest absolute Gasteiger partial charge is 3.00 e. The number of aliphatic hydroxyl groups is 1. The topological polar surface area (TPSA) is 154 Å². The van der Waals surface area contributed by atoms with Gasteiger partial charge in [-0.3, -0.25) is 9.59 Å². The molecule has 7 nitrogen and oxygen atoms in total. The van der Waals surface area contributed by atoms with Gasteiger partial charge in [-0.15, -0.1) is 0 Å². The van der Waals surface area contributed by atoms with Crippen molar-refractivity contribution in [1.29, 1.82) is 0 Å². The molecule has 0 fully saturated rings. The van der Waals surface area contributed by atoms with Crippen molar-refractivity contribution in [1.82, 2.24) is 0 Å². The molecule has 0 aliphatic heterocycles. The van der Waals surface area contributed by atoms with Crippen LogP contribution in [0.25, 0.3) is 22.9 Å². The summed E-state index contributed by atoms with van der Waals surface area (Å²) < 4.78 is 0. The van der Waals surface area contributed by atoms with E-state index in [1.54, 1.807) is 0 Å². The molecule has 0 heterocycles. The van der Waals surface area contributed by atoms with Crippen LogP contribution < -0.4 is 0 Å². The van der Waals surface area contributed by atoms with E-state index in [1.807, 2.05) is 0 Å². The molecule has 0 aliphatic carbocycles. The second kappa shape index (κ2) is 21.5. The van der Waals surface area contributed by atoms with Gasteiger partial charge in [0.15, 0.2) is 5.78 Å².